The standard InChI is InChI=1S/C15H23F2N3/c1-10-5-3-6-11(2)20(10)19-14(9-18)12-7-4-8-13(16)15(12)17/h4,7-8,10-11,14,19H,3,5-6,9,18H2,1-2H3. The lowest BCUT2D eigenvalue weighted by molar-refractivity contribution is 0.0298. The summed E-state index contributed by atoms with van der Waals surface area (Å²) in [7, 11) is 0. The minimum atomic E-state index is -0.831. The quantitative estimate of drug-likeness (QED) is 0.892. The molecule has 3 unspecified atom stereocenters. The summed E-state index contributed by atoms with van der Waals surface area (Å²) >= 11 is 0. The molecule has 3 nitrogen and oxygen atoms in total. The molecule has 5 heteroatoms. The first-order valence-electron chi connectivity index (χ1n) is 7.23. The van der Waals surface area contributed by atoms with Gasteiger partial charge in [-0.1, -0.05) is 18.6 Å². The zero-order valence-corrected chi connectivity index (χ0v) is 12.1. The minimum Gasteiger partial charge on any atom is -0.329 e. The van der Waals surface area contributed by atoms with Gasteiger partial charge in [0.05, 0.1) is 6.04 Å². The Morgan fingerprint density at radius 1 is 1.30 bits per heavy atom. The Morgan fingerprint density at radius 2 is 1.95 bits per heavy atom. The summed E-state index contributed by atoms with van der Waals surface area (Å²) in [5, 5.41) is 2.13. The number of halogens is 2. The first-order valence-corrected chi connectivity index (χ1v) is 7.23. The molecule has 1 fully saturated rings. The van der Waals surface area contributed by atoms with Gasteiger partial charge in [0.1, 0.15) is 0 Å². The Hall–Kier alpha value is -1.04. The van der Waals surface area contributed by atoms with Crippen molar-refractivity contribution in [3.8, 4) is 0 Å². The summed E-state index contributed by atoms with van der Waals surface area (Å²) in [6, 6.07) is 4.55. The molecule has 0 radical (unpaired) electrons. The fraction of sp³-hybridized carbons (Fsp3) is 0.600. The first-order chi connectivity index (χ1) is 9.54. The van der Waals surface area contributed by atoms with Crippen molar-refractivity contribution in [1.29, 1.82) is 0 Å². The van der Waals surface area contributed by atoms with E-state index in [0.29, 0.717) is 12.1 Å². The molecule has 1 aromatic carbocycles. The smallest absolute Gasteiger partial charge is 0.163 e. The molecule has 0 spiro atoms. The highest BCUT2D eigenvalue weighted by atomic mass is 19.2. The molecular formula is C15H23F2N3. The molecule has 1 aromatic rings. The van der Waals surface area contributed by atoms with Gasteiger partial charge >= 0.3 is 0 Å². The normalized spacial score (nSPS) is 25.6. The molecule has 112 valence electrons. The van der Waals surface area contributed by atoms with E-state index in [1.165, 1.54) is 12.5 Å². The van der Waals surface area contributed by atoms with Crippen LogP contribution in [0.3, 0.4) is 0 Å². The minimum absolute atomic E-state index is 0.219. The molecule has 0 aliphatic carbocycles. The average Bonchev–Trinajstić information content (AvgIpc) is 2.42. The monoisotopic (exact) mass is 283 g/mol. The van der Waals surface area contributed by atoms with Crippen molar-refractivity contribution < 1.29 is 8.78 Å². The number of hydrazine groups is 1. The topological polar surface area (TPSA) is 41.3 Å². The number of hydrogen-bond donors (Lipinski definition) is 2. The summed E-state index contributed by atoms with van der Waals surface area (Å²) in [5.74, 6) is -1.64. The Balaban J connectivity index is 2.18. The first kappa shape index (κ1) is 15.4. The second-order valence-corrected chi connectivity index (χ2v) is 5.60. The third-order valence-electron chi connectivity index (χ3n) is 4.09. The average molecular weight is 283 g/mol. The summed E-state index contributed by atoms with van der Waals surface area (Å²) in [6.45, 7) is 4.49. The van der Waals surface area contributed by atoms with Gasteiger partial charge in [0.2, 0.25) is 0 Å². The lowest BCUT2D eigenvalue weighted by Gasteiger charge is -2.41. The maximum Gasteiger partial charge on any atom is 0.163 e. The number of nitrogens with two attached hydrogens (primary N) is 1. The van der Waals surface area contributed by atoms with E-state index in [1.807, 2.05) is 0 Å². The molecular weight excluding hydrogens is 260 g/mol. The van der Waals surface area contributed by atoms with E-state index < -0.39 is 17.7 Å². The van der Waals surface area contributed by atoms with Crippen molar-refractivity contribution in [2.75, 3.05) is 6.54 Å². The molecule has 3 atom stereocenters. The lowest BCUT2D eigenvalue weighted by atomic mass is 9.99. The predicted molar refractivity (Wildman–Crippen MR) is 75.9 cm³/mol. The second kappa shape index (κ2) is 6.61. The van der Waals surface area contributed by atoms with E-state index in [-0.39, 0.29) is 12.1 Å². The molecule has 3 N–H and O–H groups in total. The van der Waals surface area contributed by atoms with E-state index >= 15 is 0 Å². The highest BCUT2D eigenvalue weighted by Crippen LogP contribution is 2.24. The zero-order chi connectivity index (χ0) is 14.7. The van der Waals surface area contributed by atoms with Crippen LogP contribution in [-0.4, -0.2) is 23.6 Å². The largest absolute Gasteiger partial charge is 0.329 e. The van der Waals surface area contributed by atoms with E-state index in [4.69, 9.17) is 5.73 Å². The van der Waals surface area contributed by atoms with Crippen molar-refractivity contribution in [2.24, 2.45) is 5.73 Å². The fourth-order valence-corrected chi connectivity index (χ4v) is 2.89. The SMILES string of the molecule is CC1CCCC(C)N1NC(CN)c1cccc(F)c1F. The molecule has 1 aliphatic rings. The number of benzene rings is 1. The number of hydrogen-bond acceptors (Lipinski definition) is 3. The zero-order valence-electron chi connectivity index (χ0n) is 12.1. The van der Waals surface area contributed by atoms with Crippen LogP contribution in [-0.2, 0) is 0 Å². The number of rotatable bonds is 4. The molecule has 0 bridgehead atoms. The second-order valence-electron chi connectivity index (χ2n) is 5.60. The van der Waals surface area contributed by atoms with Crippen LogP contribution >= 0.6 is 0 Å². The van der Waals surface area contributed by atoms with Gasteiger partial charge in [0.15, 0.2) is 11.6 Å². The predicted octanol–water partition coefficient (Wildman–Crippen LogP) is 2.73. The highest BCUT2D eigenvalue weighted by Gasteiger charge is 2.28. The van der Waals surface area contributed by atoms with Gasteiger partial charge in [0.25, 0.3) is 0 Å². The summed E-state index contributed by atoms with van der Waals surface area (Å²) < 4.78 is 27.2. The molecule has 1 saturated heterocycles. The van der Waals surface area contributed by atoms with Crippen LogP contribution in [0.15, 0.2) is 18.2 Å². The van der Waals surface area contributed by atoms with Crippen molar-refractivity contribution in [3.05, 3.63) is 35.4 Å². The van der Waals surface area contributed by atoms with Crippen LogP contribution in [0.4, 0.5) is 8.78 Å². The third kappa shape index (κ3) is 3.16. The van der Waals surface area contributed by atoms with Gasteiger partial charge < -0.3 is 5.73 Å². The van der Waals surface area contributed by atoms with E-state index in [0.717, 1.165) is 18.9 Å². The maximum atomic E-state index is 13.9. The highest BCUT2D eigenvalue weighted by molar-refractivity contribution is 5.22. The van der Waals surface area contributed by atoms with Crippen LogP contribution in [0.25, 0.3) is 0 Å². The van der Waals surface area contributed by atoms with Crippen LogP contribution < -0.4 is 11.2 Å². The van der Waals surface area contributed by atoms with Gasteiger partial charge in [-0.3, -0.25) is 0 Å². The van der Waals surface area contributed by atoms with Crippen molar-refractivity contribution in [3.63, 3.8) is 0 Å². The van der Waals surface area contributed by atoms with E-state index in [9.17, 15) is 8.78 Å². The lowest BCUT2D eigenvalue weighted by Crippen LogP contribution is -2.54. The van der Waals surface area contributed by atoms with Gasteiger partial charge in [-0.25, -0.2) is 19.2 Å². The van der Waals surface area contributed by atoms with E-state index in [2.05, 4.69) is 24.3 Å². The Labute approximate surface area is 119 Å². The fourth-order valence-electron chi connectivity index (χ4n) is 2.89. The number of nitrogens with one attached hydrogen (secondary N) is 1. The number of nitrogens with zero attached hydrogens (tertiary/aromatic N) is 1. The van der Waals surface area contributed by atoms with Crippen LogP contribution in [0.2, 0.25) is 0 Å². The van der Waals surface area contributed by atoms with Gasteiger partial charge in [-0.2, -0.15) is 0 Å². The van der Waals surface area contributed by atoms with Crippen molar-refractivity contribution in [2.45, 2.75) is 51.2 Å². The molecule has 1 aliphatic heterocycles. The molecule has 20 heavy (non-hydrogen) atoms. The van der Waals surface area contributed by atoms with Gasteiger partial charge in [-0.15, -0.1) is 0 Å². The summed E-state index contributed by atoms with van der Waals surface area (Å²) in [6.07, 6.45) is 3.39. The van der Waals surface area contributed by atoms with Crippen molar-refractivity contribution >= 4 is 0 Å². The van der Waals surface area contributed by atoms with Crippen LogP contribution in [0.1, 0.15) is 44.7 Å². The molecule has 2 rings (SSSR count). The number of piperidine rings is 1. The summed E-state index contributed by atoms with van der Waals surface area (Å²) in [4.78, 5) is 0. The van der Waals surface area contributed by atoms with Gasteiger partial charge in [0, 0.05) is 24.2 Å². The Morgan fingerprint density at radius 3 is 2.55 bits per heavy atom. The maximum absolute atomic E-state index is 13.9. The van der Waals surface area contributed by atoms with Crippen LogP contribution in [0, 0.1) is 11.6 Å². The van der Waals surface area contributed by atoms with Crippen LogP contribution in [0.5, 0.6) is 0 Å². The molecule has 0 amide bonds. The summed E-state index contributed by atoms with van der Waals surface area (Å²) in [5.41, 5.74) is 9.33. The third-order valence-corrected chi connectivity index (χ3v) is 4.09. The van der Waals surface area contributed by atoms with Crippen molar-refractivity contribution in [1.82, 2.24) is 10.4 Å². The molecule has 0 saturated carbocycles. The molecule has 0 aromatic heterocycles. The van der Waals surface area contributed by atoms with Gasteiger partial charge in [-0.05, 0) is 32.8 Å². The Bertz CT molecular complexity index is 443. The molecule has 1 heterocycles. The Kier molecular flexibility index (Phi) is 5.07. The van der Waals surface area contributed by atoms with E-state index in [1.54, 1.807) is 6.07 Å².